The number of carboxylic acid groups (broad SMARTS) is 1. The number of nitrogens with zero attached hydrogens (tertiary/aromatic N) is 1. The van der Waals surface area contributed by atoms with Crippen LogP contribution in [0.5, 0.6) is 0 Å². The SMILES string of the molecule is O=C(O)Cc1ccc(NC(=O)n2c(=O)[nH]c3ccccc32)cc1. The van der Waals surface area contributed by atoms with Gasteiger partial charge in [0.05, 0.1) is 17.5 Å². The van der Waals surface area contributed by atoms with Crippen molar-refractivity contribution in [3.8, 4) is 0 Å². The van der Waals surface area contributed by atoms with Crippen molar-refractivity contribution in [2.75, 3.05) is 5.32 Å². The molecule has 7 nitrogen and oxygen atoms in total. The molecule has 2 aromatic carbocycles. The average molecular weight is 311 g/mol. The Kier molecular flexibility index (Phi) is 3.68. The molecule has 0 aliphatic carbocycles. The summed E-state index contributed by atoms with van der Waals surface area (Å²) in [6, 6.07) is 12.7. The van der Waals surface area contributed by atoms with Gasteiger partial charge in [-0.1, -0.05) is 24.3 Å². The molecule has 0 saturated carbocycles. The predicted molar refractivity (Wildman–Crippen MR) is 84.8 cm³/mol. The number of carbonyl (C=O) groups excluding carboxylic acids is 1. The van der Waals surface area contributed by atoms with Crippen LogP contribution < -0.4 is 11.0 Å². The molecule has 0 aliphatic rings. The second-order valence-electron chi connectivity index (χ2n) is 4.98. The Bertz CT molecular complexity index is 938. The molecule has 0 radical (unpaired) electrons. The minimum Gasteiger partial charge on any atom is -0.481 e. The maximum absolute atomic E-state index is 12.3. The number of hydrogen-bond acceptors (Lipinski definition) is 3. The number of carboxylic acids is 1. The van der Waals surface area contributed by atoms with Gasteiger partial charge in [-0.15, -0.1) is 0 Å². The van der Waals surface area contributed by atoms with Gasteiger partial charge < -0.3 is 15.4 Å². The summed E-state index contributed by atoms with van der Waals surface area (Å²) >= 11 is 0. The highest BCUT2D eigenvalue weighted by atomic mass is 16.4. The molecule has 1 aromatic heterocycles. The highest BCUT2D eigenvalue weighted by molar-refractivity contribution is 5.97. The number of nitrogens with one attached hydrogen (secondary N) is 2. The van der Waals surface area contributed by atoms with E-state index < -0.39 is 17.7 Å². The van der Waals surface area contributed by atoms with Gasteiger partial charge in [0.25, 0.3) is 0 Å². The van der Waals surface area contributed by atoms with Crippen LogP contribution in [0.4, 0.5) is 10.5 Å². The van der Waals surface area contributed by atoms with Crippen molar-refractivity contribution in [3.05, 3.63) is 64.6 Å². The van der Waals surface area contributed by atoms with E-state index in [4.69, 9.17) is 5.11 Å². The Hall–Kier alpha value is -3.35. The van der Waals surface area contributed by atoms with Crippen LogP contribution in [-0.2, 0) is 11.2 Å². The van der Waals surface area contributed by atoms with E-state index in [1.807, 2.05) is 0 Å². The van der Waals surface area contributed by atoms with Gasteiger partial charge in [-0.2, -0.15) is 0 Å². The van der Waals surface area contributed by atoms with Gasteiger partial charge in [-0.25, -0.2) is 14.2 Å². The zero-order valence-corrected chi connectivity index (χ0v) is 11.9. The molecule has 1 amide bonds. The fraction of sp³-hybridized carbons (Fsp3) is 0.0625. The molecule has 0 bridgehead atoms. The third-order valence-electron chi connectivity index (χ3n) is 3.35. The third-order valence-corrected chi connectivity index (χ3v) is 3.35. The second-order valence-corrected chi connectivity index (χ2v) is 4.98. The molecule has 0 atom stereocenters. The monoisotopic (exact) mass is 311 g/mol. The molecule has 23 heavy (non-hydrogen) atoms. The largest absolute Gasteiger partial charge is 0.481 e. The predicted octanol–water partition coefficient (Wildman–Crippen LogP) is 2.04. The first-order valence-electron chi connectivity index (χ1n) is 6.86. The fourth-order valence-corrected chi connectivity index (χ4v) is 2.32. The molecule has 0 spiro atoms. The Morgan fingerprint density at radius 2 is 1.78 bits per heavy atom. The summed E-state index contributed by atoms with van der Waals surface area (Å²) in [5.74, 6) is -0.924. The summed E-state index contributed by atoms with van der Waals surface area (Å²) < 4.78 is 1.01. The van der Waals surface area contributed by atoms with E-state index in [1.165, 1.54) is 0 Å². The molecule has 1 heterocycles. The number of aliphatic carboxylic acids is 1. The number of aromatic nitrogens is 2. The van der Waals surface area contributed by atoms with Crippen molar-refractivity contribution >= 4 is 28.7 Å². The van der Waals surface area contributed by atoms with E-state index >= 15 is 0 Å². The molecule has 3 aromatic rings. The van der Waals surface area contributed by atoms with Crippen LogP contribution >= 0.6 is 0 Å². The van der Waals surface area contributed by atoms with Crippen LogP contribution in [-0.4, -0.2) is 26.7 Å². The van der Waals surface area contributed by atoms with Crippen LogP contribution in [0.15, 0.2) is 53.3 Å². The van der Waals surface area contributed by atoms with Crippen LogP contribution in [0, 0.1) is 0 Å². The van der Waals surface area contributed by atoms with Gasteiger partial charge >= 0.3 is 17.7 Å². The van der Waals surface area contributed by atoms with Gasteiger partial charge in [-0.3, -0.25) is 4.79 Å². The molecule has 116 valence electrons. The summed E-state index contributed by atoms with van der Waals surface area (Å²) in [6.45, 7) is 0. The Morgan fingerprint density at radius 3 is 2.48 bits per heavy atom. The summed E-state index contributed by atoms with van der Waals surface area (Å²) in [6.07, 6.45) is -0.0872. The smallest absolute Gasteiger partial charge is 0.334 e. The average Bonchev–Trinajstić information content (AvgIpc) is 2.84. The number of imidazole rings is 1. The lowest BCUT2D eigenvalue weighted by molar-refractivity contribution is -0.136. The van der Waals surface area contributed by atoms with E-state index in [0.717, 1.165) is 4.57 Å². The Morgan fingerprint density at radius 1 is 1.09 bits per heavy atom. The maximum atomic E-state index is 12.3. The van der Waals surface area contributed by atoms with Crippen LogP contribution in [0.25, 0.3) is 11.0 Å². The quantitative estimate of drug-likeness (QED) is 0.688. The van der Waals surface area contributed by atoms with Crippen molar-refractivity contribution < 1.29 is 14.7 Å². The van der Waals surface area contributed by atoms with Crippen LogP contribution in [0.1, 0.15) is 5.56 Å². The molecule has 7 heteroatoms. The number of amides is 1. The van der Waals surface area contributed by atoms with Gasteiger partial charge in [-0.05, 0) is 29.8 Å². The number of para-hydroxylation sites is 2. The number of fused-ring (bicyclic) bond motifs is 1. The highest BCUT2D eigenvalue weighted by Crippen LogP contribution is 2.13. The standard InChI is InChI=1S/C16H13N3O4/c20-14(21)9-10-5-7-11(8-6-10)17-15(22)19-13-4-2-1-3-12(13)18-16(19)23/h1-8H,9H2,(H,17,22)(H,18,23)(H,20,21). The third kappa shape index (κ3) is 2.98. The fourth-order valence-electron chi connectivity index (χ4n) is 2.32. The summed E-state index contributed by atoms with van der Waals surface area (Å²) in [7, 11) is 0. The molecule has 0 unspecified atom stereocenters. The number of benzene rings is 2. The van der Waals surface area contributed by atoms with Crippen molar-refractivity contribution in [2.45, 2.75) is 6.42 Å². The zero-order valence-electron chi connectivity index (χ0n) is 11.9. The molecule has 0 saturated heterocycles. The molecule has 0 fully saturated rings. The van der Waals surface area contributed by atoms with Crippen molar-refractivity contribution in [3.63, 3.8) is 0 Å². The lowest BCUT2D eigenvalue weighted by Crippen LogP contribution is -2.29. The number of carbonyl (C=O) groups is 2. The second kappa shape index (κ2) is 5.80. The van der Waals surface area contributed by atoms with E-state index in [0.29, 0.717) is 22.3 Å². The molecule has 3 N–H and O–H groups in total. The number of aromatic amines is 1. The first-order chi connectivity index (χ1) is 11.0. The van der Waals surface area contributed by atoms with Gasteiger partial charge in [0, 0.05) is 5.69 Å². The Labute approximate surface area is 130 Å². The van der Waals surface area contributed by atoms with Crippen molar-refractivity contribution in [1.82, 2.24) is 9.55 Å². The molecular weight excluding hydrogens is 298 g/mol. The Balaban J connectivity index is 1.85. The van der Waals surface area contributed by atoms with Gasteiger partial charge in [0.15, 0.2) is 0 Å². The number of H-pyrrole nitrogens is 1. The zero-order chi connectivity index (χ0) is 16.4. The lowest BCUT2D eigenvalue weighted by Gasteiger charge is -2.06. The van der Waals surface area contributed by atoms with Gasteiger partial charge in [0.1, 0.15) is 0 Å². The van der Waals surface area contributed by atoms with Crippen molar-refractivity contribution in [2.24, 2.45) is 0 Å². The molecule has 3 rings (SSSR count). The summed E-state index contributed by atoms with van der Waals surface area (Å²) in [5.41, 5.74) is 1.63. The van der Waals surface area contributed by atoms with Crippen LogP contribution in [0.2, 0.25) is 0 Å². The van der Waals surface area contributed by atoms with Gasteiger partial charge in [0.2, 0.25) is 0 Å². The normalized spacial score (nSPS) is 10.6. The number of rotatable bonds is 3. The summed E-state index contributed by atoms with van der Waals surface area (Å²) in [5, 5.41) is 11.3. The topological polar surface area (TPSA) is 104 Å². The highest BCUT2D eigenvalue weighted by Gasteiger charge is 2.13. The molecular formula is C16H13N3O4. The number of hydrogen-bond donors (Lipinski definition) is 3. The van der Waals surface area contributed by atoms with E-state index in [9.17, 15) is 14.4 Å². The summed E-state index contributed by atoms with van der Waals surface area (Å²) in [4.78, 5) is 37.5. The van der Waals surface area contributed by atoms with E-state index in [-0.39, 0.29) is 6.42 Å². The van der Waals surface area contributed by atoms with E-state index in [1.54, 1.807) is 48.5 Å². The minimum atomic E-state index is -0.924. The maximum Gasteiger partial charge on any atom is 0.334 e. The van der Waals surface area contributed by atoms with Crippen molar-refractivity contribution in [1.29, 1.82) is 0 Å². The minimum absolute atomic E-state index is 0.0872. The van der Waals surface area contributed by atoms with Crippen LogP contribution in [0.3, 0.4) is 0 Å². The first kappa shape index (κ1) is 14.6. The lowest BCUT2D eigenvalue weighted by atomic mass is 10.1. The number of anilines is 1. The molecule has 0 aliphatic heterocycles. The van der Waals surface area contributed by atoms with E-state index in [2.05, 4.69) is 10.3 Å². The first-order valence-corrected chi connectivity index (χ1v) is 6.86.